The van der Waals surface area contributed by atoms with Gasteiger partial charge < -0.3 is 24.8 Å². The normalized spacial score (nSPS) is 31.6. The van der Waals surface area contributed by atoms with Gasteiger partial charge in [-0.25, -0.2) is 4.79 Å². The number of hydrogen-bond acceptors (Lipinski definition) is 5. The van der Waals surface area contributed by atoms with Gasteiger partial charge in [0.1, 0.15) is 5.60 Å². The summed E-state index contributed by atoms with van der Waals surface area (Å²) in [5, 5.41) is 3.42. The molecule has 4 aliphatic heterocycles. The zero-order valence-electron chi connectivity index (χ0n) is 23.3. The fourth-order valence-electron chi connectivity index (χ4n) is 7.43. The quantitative estimate of drug-likeness (QED) is 0.616. The van der Waals surface area contributed by atoms with Crippen LogP contribution in [0.1, 0.15) is 86.0 Å². The van der Waals surface area contributed by atoms with E-state index in [0.717, 1.165) is 42.4 Å². The van der Waals surface area contributed by atoms with E-state index in [9.17, 15) is 4.79 Å². The molecule has 35 heavy (non-hydrogen) atoms. The largest absolute Gasteiger partial charge is 0.444 e. The first-order valence-electron chi connectivity index (χ1n) is 14.7. The number of carbonyl (C=O) groups is 1. The molecular weight excluding hydrogens is 436 g/mol. The highest BCUT2D eigenvalue weighted by molar-refractivity contribution is 5.69. The van der Waals surface area contributed by atoms with Crippen LogP contribution in [-0.2, 0) is 4.74 Å². The van der Waals surface area contributed by atoms with E-state index < -0.39 is 0 Å². The zero-order valence-corrected chi connectivity index (χ0v) is 23.3. The molecule has 0 radical (unpaired) electrons. The van der Waals surface area contributed by atoms with Gasteiger partial charge in [0.15, 0.2) is 0 Å². The van der Waals surface area contributed by atoms with Gasteiger partial charge in [0.2, 0.25) is 0 Å². The van der Waals surface area contributed by atoms with Crippen molar-refractivity contribution in [1.29, 1.82) is 0 Å². The Morgan fingerprint density at radius 2 is 1.20 bits per heavy atom. The van der Waals surface area contributed by atoms with Gasteiger partial charge >= 0.3 is 6.09 Å². The van der Waals surface area contributed by atoms with E-state index in [2.05, 4.69) is 29.0 Å². The van der Waals surface area contributed by atoms with E-state index in [0.29, 0.717) is 5.41 Å². The molecule has 0 unspecified atom stereocenters. The van der Waals surface area contributed by atoms with E-state index in [4.69, 9.17) is 4.74 Å². The number of nitrogens with one attached hydrogen (secondary N) is 1. The molecule has 6 rings (SSSR count). The van der Waals surface area contributed by atoms with Crippen molar-refractivity contribution >= 4 is 6.09 Å². The SMILES string of the molecule is CC1CCN(C2CC3(C2)CN(C(=O)OC(C)(C)C)C3)CC1.CC1CCN(C2CC3(CNC3)C2)CC1. The molecule has 0 aromatic carbocycles. The number of nitrogens with zero attached hydrogens (tertiary/aromatic N) is 3. The molecule has 4 heterocycles. The standard InChI is InChI=1S/C17H30N2O2.C12H22N2/c1-13-5-7-18(8-6-13)14-9-17(10-14)11-19(12-17)15(20)21-16(2,3)4;1-10-2-4-14(5-3-10)11-6-12(7-11)8-13-9-12/h13-14H,5-12H2,1-4H3;10-11,13H,2-9H2,1H3. The number of hydrogen-bond donors (Lipinski definition) is 1. The lowest BCUT2D eigenvalue weighted by atomic mass is 9.60. The minimum absolute atomic E-state index is 0.136. The molecule has 200 valence electrons. The second-order valence-electron chi connectivity index (χ2n) is 14.5. The van der Waals surface area contributed by atoms with Crippen LogP contribution in [0.2, 0.25) is 0 Å². The fourth-order valence-corrected chi connectivity index (χ4v) is 7.43. The smallest absolute Gasteiger partial charge is 0.410 e. The highest BCUT2D eigenvalue weighted by atomic mass is 16.6. The van der Waals surface area contributed by atoms with Crippen LogP contribution in [0.3, 0.4) is 0 Å². The van der Waals surface area contributed by atoms with Crippen LogP contribution in [0.25, 0.3) is 0 Å². The Labute approximate surface area is 214 Å². The molecule has 0 atom stereocenters. The highest BCUT2D eigenvalue weighted by Gasteiger charge is 2.55. The Kier molecular flexibility index (Phi) is 7.22. The zero-order chi connectivity index (χ0) is 24.8. The molecule has 2 aliphatic carbocycles. The number of piperidine rings is 2. The second kappa shape index (κ2) is 9.79. The van der Waals surface area contributed by atoms with E-state index in [-0.39, 0.29) is 11.7 Å². The van der Waals surface area contributed by atoms with Crippen LogP contribution in [0, 0.1) is 22.7 Å². The minimum atomic E-state index is -0.382. The van der Waals surface area contributed by atoms with Gasteiger partial charge in [0.25, 0.3) is 0 Å². The lowest BCUT2D eigenvalue weighted by molar-refractivity contribution is -0.111. The first-order chi connectivity index (χ1) is 16.5. The summed E-state index contributed by atoms with van der Waals surface area (Å²) in [6.07, 6.45) is 11.0. The predicted octanol–water partition coefficient (Wildman–Crippen LogP) is 4.59. The van der Waals surface area contributed by atoms with E-state index >= 15 is 0 Å². The van der Waals surface area contributed by atoms with Crippen molar-refractivity contribution in [3.8, 4) is 0 Å². The number of carbonyl (C=O) groups excluding carboxylic acids is 1. The fraction of sp³-hybridized carbons (Fsp3) is 0.966. The van der Waals surface area contributed by atoms with Crippen LogP contribution in [0.5, 0.6) is 0 Å². The van der Waals surface area contributed by atoms with Crippen LogP contribution in [-0.4, -0.2) is 90.8 Å². The number of likely N-dealkylation sites (tertiary alicyclic amines) is 3. The van der Waals surface area contributed by atoms with Crippen molar-refractivity contribution in [3.63, 3.8) is 0 Å². The average molecular weight is 489 g/mol. The molecule has 1 N–H and O–H groups in total. The van der Waals surface area contributed by atoms with Crippen molar-refractivity contribution < 1.29 is 9.53 Å². The van der Waals surface area contributed by atoms with Crippen molar-refractivity contribution in [1.82, 2.24) is 20.0 Å². The molecular formula is C29H52N4O2. The third-order valence-electron chi connectivity index (χ3n) is 10.0. The molecule has 0 aromatic heterocycles. The van der Waals surface area contributed by atoms with Gasteiger partial charge in [-0.05, 0) is 116 Å². The average Bonchev–Trinajstić information content (AvgIpc) is 2.65. The Morgan fingerprint density at radius 3 is 1.57 bits per heavy atom. The summed E-state index contributed by atoms with van der Waals surface area (Å²) in [5.74, 6) is 1.88. The van der Waals surface area contributed by atoms with E-state index in [1.165, 1.54) is 90.6 Å². The van der Waals surface area contributed by atoms with Gasteiger partial charge in [-0.15, -0.1) is 0 Å². The maximum atomic E-state index is 12.0. The Balaban J connectivity index is 0.000000156. The van der Waals surface area contributed by atoms with E-state index in [1.807, 2.05) is 25.7 Å². The summed E-state index contributed by atoms with van der Waals surface area (Å²) < 4.78 is 5.44. The van der Waals surface area contributed by atoms with Crippen LogP contribution >= 0.6 is 0 Å². The summed E-state index contributed by atoms with van der Waals surface area (Å²) in [5.41, 5.74) is 0.796. The lowest BCUT2D eigenvalue weighted by Gasteiger charge is -2.61. The molecule has 6 aliphatic rings. The summed E-state index contributed by atoms with van der Waals surface area (Å²) in [6, 6.07) is 1.72. The summed E-state index contributed by atoms with van der Waals surface area (Å²) in [6.45, 7) is 20.2. The van der Waals surface area contributed by atoms with Gasteiger partial charge in [0, 0.05) is 43.7 Å². The first kappa shape index (κ1) is 25.8. The summed E-state index contributed by atoms with van der Waals surface area (Å²) in [7, 11) is 0. The monoisotopic (exact) mass is 488 g/mol. The van der Waals surface area contributed by atoms with Crippen molar-refractivity contribution in [2.24, 2.45) is 22.7 Å². The molecule has 0 bridgehead atoms. The van der Waals surface area contributed by atoms with Gasteiger partial charge in [-0.3, -0.25) is 0 Å². The molecule has 6 fully saturated rings. The van der Waals surface area contributed by atoms with Crippen LogP contribution in [0.15, 0.2) is 0 Å². The molecule has 4 saturated heterocycles. The van der Waals surface area contributed by atoms with E-state index in [1.54, 1.807) is 0 Å². The highest BCUT2D eigenvalue weighted by Crippen LogP contribution is 2.51. The van der Waals surface area contributed by atoms with Crippen molar-refractivity contribution in [3.05, 3.63) is 0 Å². The molecule has 2 saturated carbocycles. The molecule has 2 spiro atoms. The van der Waals surface area contributed by atoms with Crippen LogP contribution < -0.4 is 5.32 Å². The Hall–Kier alpha value is -0.850. The Morgan fingerprint density at radius 1 is 0.771 bits per heavy atom. The minimum Gasteiger partial charge on any atom is -0.444 e. The third-order valence-corrected chi connectivity index (χ3v) is 10.0. The molecule has 6 heteroatoms. The second-order valence-corrected chi connectivity index (χ2v) is 14.5. The topological polar surface area (TPSA) is 48.1 Å². The first-order valence-corrected chi connectivity index (χ1v) is 14.7. The number of ether oxygens (including phenoxy) is 1. The third kappa shape index (κ3) is 5.85. The molecule has 1 amide bonds. The van der Waals surface area contributed by atoms with Gasteiger partial charge in [-0.2, -0.15) is 0 Å². The number of rotatable bonds is 2. The van der Waals surface area contributed by atoms with Crippen molar-refractivity contribution in [2.45, 2.75) is 104 Å². The van der Waals surface area contributed by atoms with Gasteiger partial charge in [0.05, 0.1) is 0 Å². The van der Waals surface area contributed by atoms with Gasteiger partial charge in [-0.1, -0.05) is 13.8 Å². The van der Waals surface area contributed by atoms with Crippen molar-refractivity contribution in [2.75, 3.05) is 52.4 Å². The maximum Gasteiger partial charge on any atom is 0.410 e. The molecule has 0 aromatic rings. The lowest BCUT2D eigenvalue weighted by Crippen LogP contribution is -2.68. The maximum absolute atomic E-state index is 12.0. The summed E-state index contributed by atoms with van der Waals surface area (Å²) >= 11 is 0. The number of amides is 1. The predicted molar refractivity (Wildman–Crippen MR) is 142 cm³/mol. The molecule has 6 nitrogen and oxygen atoms in total. The van der Waals surface area contributed by atoms with Crippen LogP contribution in [0.4, 0.5) is 4.79 Å². The Bertz CT molecular complexity index is 722. The summed E-state index contributed by atoms with van der Waals surface area (Å²) in [4.78, 5) is 19.3.